The van der Waals surface area contributed by atoms with Crippen molar-refractivity contribution in [3.63, 3.8) is 0 Å². The van der Waals surface area contributed by atoms with Crippen molar-refractivity contribution < 1.29 is 17.6 Å². The lowest BCUT2D eigenvalue weighted by Crippen LogP contribution is -2.53. The van der Waals surface area contributed by atoms with Crippen LogP contribution in [0.5, 0.6) is 0 Å². The smallest absolute Gasteiger partial charge is 0.243 e. The van der Waals surface area contributed by atoms with Crippen molar-refractivity contribution in [2.45, 2.75) is 17.9 Å². The molecular formula is C20H21FN4O3S. The van der Waals surface area contributed by atoms with Crippen molar-refractivity contribution in [3.8, 4) is 6.07 Å². The Hall–Kier alpha value is -2.80. The molecule has 2 aromatic carbocycles. The summed E-state index contributed by atoms with van der Waals surface area (Å²) in [5.41, 5.74) is 1.10. The molecule has 152 valence electrons. The number of benzene rings is 2. The molecule has 9 heteroatoms. The molecule has 0 aliphatic carbocycles. The highest BCUT2D eigenvalue weighted by Gasteiger charge is 2.31. The van der Waals surface area contributed by atoms with Gasteiger partial charge >= 0.3 is 0 Å². The summed E-state index contributed by atoms with van der Waals surface area (Å²) in [5, 5.41) is 11.6. The number of anilines is 1. The first-order valence-corrected chi connectivity index (χ1v) is 10.6. The molecule has 1 aliphatic rings. The van der Waals surface area contributed by atoms with Gasteiger partial charge in [-0.25, -0.2) is 12.8 Å². The lowest BCUT2D eigenvalue weighted by molar-refractivity contribution is -0.121. The fraction of sp³-hybridized carbons (Fsp3) is 0.300. The number of amides is 1. The average molecular weight is 416 g/mol. The van der Waals surface area contributed by atoms with Crippen LogP contribution in [0, 0.1) is 17.1 Å². The SMILES string of the molecule is C[C@@H](C(=O)Nc1ccc(C#N)cc1)N1CCN(S(=O)(=O)c2ccc(F)cc2)CC1. The lowest BCUT2D eigenvalue weighted by atomic mass is 10.2. The summed E-state index contributed by atoms with van der Waals surface area (Å²) in [7, 11) is -3.69. The third kappa shape index (κ3) is 4.79. The van der Waals surface area contributed by atoms with Crippen LogP contribution < -0.4 is 5.32 Å². The van der Waals surface area contributed by atoms with E-state index in [1.54, 1.807) is 31.2 Å². The number of nitrogens with one attached hydrogen (secondary N) is 1. The van der Waals surface area contributed by atoms with Crippen LogP contribution in [0.4, 0.5) is 10.1 Å². The van der Waals surface area contributed by atoms with E-state index in [4.69, 9.17) is 5.26 Å². The second kappa shape index (κ2) is 8.69. The summed E-state index contributed by atoms with van der Waals surface area (Å²) in [4.78, 5) is 14.5. The van der Waals surface area contributed by atoms with E-state index in [1.165, 1.54) is 16.4 Å². The van der Waals surface area contributed by atoms with Gasteiger partial charge in [-0.2, -0.15) is 9.57 Å². The van der Waals surface area contributed by atoms with E-state index < -0.39 is 21.9 Å². The topological polar surface area (TPSA) is 93.5 Å². The molecule has 0 radical (unpaired) electrons. The molecule has 29 heavy (non-hydrogen) atoms. The Labute approximate surface area is 169 Å². The minimum Gasteiger partial charge on any atom is -0.325 e. The summed E-state index contributed by atoms with van der Waals surface area (Å²) in [5.74, 6) is -0.694. The standard InChI is InChI=1S/C20H21FN4O3S/c1-15(20(26)23-18-6-2-16(14-22)3-7-18)24-10-12-25(13-11-24)29(27,28)19-8-4-17(21)5-9-19/h2-9,15H,10-13H2,1H3,(H,23,26)/t15-/m0/s1. The number of sulfonamides is 1. The zero-order valence-electron chi connectivity index (χ0n) is 15.9. The van der Waals surface area contributed by atoms with Crippen LogP contribution >= 0.6 is 0 Å². The zero-order valence-corrected chi connectivity index (χ0v) is 16.7. The van der Waals surface area contributed by atoms with E-state index in [-0.39, 0.29) is 23.9 Å². The zero-order chi connectivity index (χ0) is 21.0. The van der Waals surface area contributed by atoms with Gasteiger partial charge in [-0.1, -0.05) is 0 Å². The third-order valence-corrected chi connectivity index (χ3v) is 6.85. The number of rotatable bonds is 5. The molecule has 0 aromatic heterocycles. The minimum atomic E-state index is -3.69. The number of carbonyl (C=O) groups is 1. The summed E-state index contributed by atoms with van der Waals surface area (Å²) in [6, 6.07) is 12.9. The number of nitriles is 1. The maximum Gasteiger partial charge on any atom is 0.243 e. The Morgan fingerprint density at radius 2 is 1.66 bits per heavy atom. The van der Waals surface area contributed by atoms with Crippen LogP contribution in [0.2, 0.25) is 0 Å². The Morgan fingerprint density at radius 1 is 1.07 bits per heavy atom. The second-order valence-electron chi connectivity index (χ2n) is 6.75. The maximum atomic E-state index is 13.1. The second-order valence-corrected chi connectivity index (χ2v) is 8.69. The molecule has 3 rings (SSSR count). The molecule has 1 N–H and O–H groups in total. The average Bonchev–Trinajstić information content (AvgIpc) is 2.74. The maximum absolute atomic E-state index is 13.1. The van der Waals surface area contributed by atoms with E-state index in [9.17, 15) is 17.6 Å². The number of carbonyl (C=O) groups excluding carboxylic acids is 1. The quantitative estimate of drug-likeness (QED) is 0.805. The summed E-state index contributed by atoms with van der Waals surface area (Å²) >= 11 is 0. The molecule has 0 spiro atoms. The normalized spacial score (nSPS) is 16.7. The summed E-state index contributed by atoms with van der Waals surface area (Å²) in [6.45, 7) is 3.07. The molecule has 1 saturated heterocycles. The van der Waals surface area contributed by atoms with Crippen LogP contribution in [0.3, 0.4) is 0 Å². The highest BCUT2D eigenvalue weighted by Crippen LogP contribution is 2.19. The molecule has 1 atom stereocenters. The van der Waals surface area contributed by atoms with Gasteiger partial charge in [0, 0.05) is 31.9 Å². The Balaban J connectivity index is 1.58. The number of piperazine rings is 1. The predicted molar refractivity (Wildman–Crippen MR) is 106 cm³/mol. The van der Waals surface area contributed by atoms with Crippen LogP contribution in [-0.4, -0.2) is 55.8 Å². The van der Waals surface area contributed by atoms with Crippen molar-refractivity contribution in [2.24, 2.45) is 0 Å². The van der Waals surface area contributed by atoms with E-state index in [0.717, 1.165) is 12.1 Å². The van der Waals surface area contributed by atoms with Gasteiger partial charge in [-0.15, -0.1) is 0 Å². The monoisotopic (exact) mass is 416 g/mol. The van der Waals surface area contributed by atoms with E-state index >= 15 is 0 Å². The predicted octanol–water partition coefficient (Wildman–Crippen LogP) is 2.03. The molecule has 1 amide bonds. The molecule has 0 bridgehead atoms. The van der Waals surface area contributed by atoms with Crippen LogP contribution in [0.15, 0.2) is 53.4 Å². The van der Waals surface area contributed by atoms with Crippen molar-refractivity contribution >= 4 is 21.6 Å². The molecule has 1 aliphatic heterocycles. The number of hydrogen-bond donors (Lipinski definition) is 1. The van der Waals surface area contributed by atoms with Gasteiger partial charge < -0.3 is 5.32 Å². The Kier molecular flexibility index (Phi) is 6.27. The first-order chi connectivity index (χ1) is 13.8. The van der Waals surface area contributed by atoms with E-state index in [1.807, 2.05) is 11.0 Å². The third-order valence-electron chi connectivity index (χ3n) is 4.93. The van der Waals surface area contributed by atoms with E-state index in [0.29, 0.717) is 24.3 Å². The Bertz CT molecular complexity index is 1010. The highest BCUT2D eigenvalue weighted by atomic mass is 32.2. The van der Waals surface area contributed by atoms with Gasteiger partial charge in [0.05, 0.1) is 22.6 Å². The summed E-state index contributed by atoms with van der Waals surface area (Å²) < 4.78 is 39.8. The first-order valence-electron chi connectivity index (χ1n) is 9.12. The van der Waals surface area contributed by atoms with Gasteiger partial charge in [0.25, 0.3) is 0 Å². The summed E-state index contributed by atoms with van der Waals surface area (Å²) in [6.07, 6.45) is 0. The number of hydrogen-bond acceptors (Lipinski definition) is 5. The fourth-order valence-electron chi connectivity index (χ4n) is 3.13. The van der Waals surface area contributed by atoms with Crippen LogP contribution in [0.25, 0.3) is 0 Å². The van der Waals surface area contributed by atoms with Crippen molar-refractivity contribution in [3.05, 3.63) is 59.9 Å². The van der Waals surface area contributed by atoms with Crippen molar-refractivity contribution in [1.29, 1.82) is 5.26 Å². The molecule has 7 nitrogen and oxygen atoms in total. The van der Waals surface area contributed by atoms with Gasteiger partial charge in [-0.3, -0.25) is 9.69 Å². The largest absolute Gasteiger partial charge is 0.325 e. The van der Waals surface area contributed by atoms with Gasteiger partial charge in [0.2, 0.25) is 15.9 Å². The molecule has 0 unspecified atom stereocenters. The van der Waals surface area contributed by atoms with Gasteiger partial charge in [-0.05, 0) is 55.5 Å². The molecule has 1 heterocycles. The van der Waals surface area contributed by atoms with Gasteiger partial charge in [0.1, 0.15) is 5.82 Å². The number of nitrogens with zero attached hydrogens (tertiary/aromatic N) is 3. The van der Waals surface area contributed by atoms with E-state index in [2.05, 4.69) is 5.32 Å². The fourth-order valence-corrected chi connectivity index (χ4v) is 4.55. The Morgan fingerprint density at radius 3 is 2.21 bits per heavy atom. The lowest BCUT2D eigenvalue weighted by Gasteiger charge is -2.36. The van der Waals surface area contributed by atoms with Gasteiger partial charge in [0.15, 0.2) is 0 Å². The molecular weight excluding hydrogens is 395 g/mol. The van der Waals surface area contributed by atoms with Crippen molar-refractivity contribution in [1.82, 2.24) is 9.21 Å². The first kappa shape index (κ1) is 20.9. The molecule has 0 saturated carbocycles. The number of halogens is 1. The van der Waals surface area contributed by atoms with Crippen LogP contribution in [-0.2, 0) is 14.8 Å². The molecule has 2 aromatic rings. The molecule has 1 fully saturated rings. The highest BCUT2D eigenvalue weighted by molar-refractivity contribution is 7.89. The minimum absolute atomic E-state index is 0.0546. The van der Waals surface area contributed by atoms with Crippen LogP contribution in [0.1, 0.15) is 12.5 Å². The van der Waals surface area contributed by atoms with Crippen molar-refractivity contribution in [2.75, 3.05) is 31.5 Å².